The second-order valence-corrected chi connectivity index (χ2v) is 6.12. The van der Waals surface area contributed by atoms with Gasteiger partial charge in [-0.25, -0.2) is 4.99 Å². The molecule has 0 spiro atoms. The molecule has 2 aromatic rings. The number of non-ortho nitro benzene ring substituents is 1. The maximum atomic E-state index is 10.7. The predicted molar refractivity (Wildman–Crippen MR) is 107 cm³/mol. The SMILES string of the molecule is CC1(C)N=C(N)N=C(N)N1c1ccc(Oc2ccc([N+](=O)[O-])cc2)cc1.Cl. The maximum absolute atomic E-state index is 10.7. The van der Waals surface area contributed by atoms with Crippen LogP contribution in [0.25, 0.3) is 0 Å². The smallest absolute Gasteiger partial charge is 0.269 e. The van der Waals surface area contributed by atoms with Gasteiger partial charge in [0.15, 0.2) is 0 Å². The Labute approximate surface area is 161 Å². The molecular weight excluding hydrogens is 372 g/mol. The van der Waals surface area contributed by atoms with Crippen LogP contribution in [-0.4, -0.2) is 22.5 Å². The van der Waals surface area contributed by atoms with Crippen molar-refractivity contribution in [3.63, 3.8) is 0 Å². The van der Waals surface area contributed by atoms with Crippen molar-refractivity contribution in [3.8, 4) is 11.5 Å². The van der Waals surface area contributed by atoms with Crippen LogP contribution < -0.4 is 21.1 Å². The standard InChI is InChI=1S/C17H18N6O3.ClH/c1-17(2)21-15(18)20-16(19)22(17)11-3-7-13(8-4-11)26-14-9-5-12(6-10-14)23(24)25;/h3-10H,1-2H3,(H4,18,19,20,21);1H. The molecule has 0 radical (unpaired) electrons. The number of nitrogens with zero attached hydrogens (tertiary/aromatic N) is 4. The Kier molecular flexibility index (Phi) is 5.55. The number of hydrogen-bond acceptors (Lipinski definition) is 8. The van der Waals surface area contributed by atoms with Gasteiger partial charge in [0.25, 0.3) is 5.69 Å². The molecule has 10 heteroatoms. The summed E-state index contributed by atoms with van der Waals surface area (Å²) in [6.45, 7) is 3.76. The molecule has 4 N–H and O–H groups in total. The quantitative estimate of drug-likeness (QED) is 0.609. The van der Waals surface area contributed by atoms with E-state index in [9.17, 15) is 10.1 Å². The van der Waals surface area contributed by atoms with Crippen LogP contribution in [0.5, 0.6) is 11.5 Å². The Morgan fingerprint density at radius 2 is 1.56 bits per heavy atom. The molecule has 1 heterocycles. The molecule has 0 unspecified atom stereocenters. The molecule has 27 heavy (non-hydrogen) atoms. The summed E-state index contributed by atoms with van der Waals surface area (Å²) in [4.78, 5) is 20.3. The second-order valence-electron chi connectivity index (χ2n) is 6.12. The average molecular weight is 391 g/mol. The fourth-order valence-electron chi connectivity index (χ4n) is 2.69. The van der Waals surface area contributed by atoms with Crippen LogP contribution in [0.2, 0.25) is 0 Å². The normalized spacial score (nSPS) is 15.3. The number of rotatable bonds is 4. The summed E-state index contributed by atoms with van der Waals surface area (Å²) in [5, 5.41) is 10.7. The van der Waals surface area contributed by atoms with Crippen LogP contribution in [0, 0.1) is 10.1 Å². The van der Waals surface area contributed by atoms with Crippen molar-refractivity contribution in [1.29, 1.82) is 0 Å². The summed E-state index contributed by atoms with van der Waals surface area (Å²) in [7, 11) is 0. The molecule has 0 fully saturated rings. The van der Waals surface area contributed by atoms with E-state index in [4.69, 9.17) is 16.2 Å². The van der Waals surface area contributed by atoms with Gasteiger partial charge in [-0.05, 0) is 50.2 Å². The molecule has 0 amide bonds. The summed E-state index contributed by atoms with van der Waals surface area (Å²) in [6.07, 6.45) is 0. The lowest BCUT2D eigenvalue weighted by Crippen LogP contribution is -2.54. The molecule has 2 aromatic carbocycles. The molecule has 0 bridgehead atoms. The van der Waals surface area contributed by atoms with Gasteiger partial charge in [0.1, 0.15) is 17.2 Å². The number of ether oxygens (including phenoxy) is 1. The van der Waals surface area contributed by atoms with Gasteiger partial charge in [0.05, 0.1) is 4.92 Å². The van der Waals surface area contributed by atoms with E-state index in [2.05, 4.69) is 9.98 Å². The molecule has 1 aliphatic heterocycles. The fraction of sp³-hybridized carbons (Fsp3) is 0.176. The third-order valence-corrected chi connectivity index (χ3v) is 3.77. The zero-order valence-corrected chi connectivity index (χ0v) is 15.5. The molecule has 142 valence electrons. The van der Waals surface area contributed by atoms with E-state index in [-0.39, 0.29) is 30.0 Å². The van der Waals surface area contributed by atoms with E-state index >= 15 is 0 Å². The van der Waals surface area contributed by atoms with Crippen LogP contribution in [0.3, 0.4) is 0 Å². The van der Waals surface area contributed by atoms with Gasteiger partial charge in [-0.15, -0.1) is 12.4 Å². The molecular formula is C17H19ClN6O3. The first-order valence-corrected chi connectivity index (χ1v) is 7.78. The van der Waals surface area contributed by atoms with Gasteiger partial charge < -0.3 is 16.2 Å². The number of guanidine groups is 2. The van der Waals surface area contributed by atoms with Crippen LogP contribution in [0.4, 0.5) is 11.4 Å². The van der Waals surface area contributed by atoms with Gasteiger partial charge in [-0.3, -0.25) is 15.0 Å². The molecule has 0 aromatic heterocycles. The highest BCUT2D eigenvalue weighted by Gasteiger charge is 2.32. The van der Waals surface area contributed by atoms with Crippen molar-refractivity contribution in [1.82, 2.24) is 0 Å². The number of hydrogen-bond donors (Lipinski definition) is 2. The lowest BCUT2D eigenvalue weighted by atomic mass is 10.1. The Hall–Kier alpha value is -3.33. The lowest BCUT2D eigenvalue weighted by Gasteiger charge is -2.38. The van der Waals surface area contributed by atoms with E-state index in [1.807, 2.05) is 26.0 Å². The van der Waals surface area contributed by atoms with E-state index in [0.717, 1.165) is 5.69 Å². The number of nitrogens with two attached hydrogens (primary N) is 2. The van der Waals surface area contributed by atoms with Gasteiger partial charge in [-0.2, -0.15) is 4.99 Å². The monoisotopic (exact) mass is 390 g/mol. The number of nitro benzene ring substituents is 1. The predicted octanol–water partition coefficient (Wildman–Crippen LogP) is 2.99. The first-order valence-electron chi connectivity index (χ1n) is 7.78. The molecule has 0 aliphatic carbocycles. The minimum Gasteiger partial charge on any atom is -0.457 e. The largest absolute Gasteiger partial charge is 0.457 e. The molecule has 1 aliphatic rings. The zero-order chi connectivity index (χ0) is 18.9. The first-order chi connectivity index (χ1) is 12.3. The Morgan fingerprint density at radius 3 is 2.04 bits per heavy atom. The topological polar surface area (TPSA) is 132 Å². The van der Waals surface area contributed by atoms with Crippen molar-refractivity contribution in [2.24, 2.45) is 21.5 Å². The average Bonchev–Trinajstić information content (AvgIpc) is 2.55. The summed E-state index contributed by atoms with van der Waals surface area (Å²) in [5.41, 5.74) is 11.8. The molecule has 9 nitrogen and oxygen atoms in total. The van der Waals surface area contributed by atoms with Gasteiger partial charge >= 0.3 is 0 Å². The van der Waals surface area contributed by atoms with Crippen molar-refractivity contribution < 1.29 is 9.66 Å². The summed E-state index contributed by atoms with van der Waals surface area (Å²) >= 11 is 0. The fourth-order valence-corrected chi connectivity index (χ4v) is 2.69. The van der Waals surface area contributed by atoms with Gasteiger partial charge in [0.2, 0.25) is 11.9 Å². The second kappa shape index (κ2) is 7.50. The van der Waals surface area contributed by atoms with Crippen molar-refractivity contribution in [2.45, 2.75) is 19.5 Å². The van der Waals surface area contributed by atoms with Crippen molar-refractivity contribution in [3.05, 3.63) is 58.6 Å². The van der Waals surface area contributed by atoms with Crippen LogP contribution >= 0.6 is 12.4 Å². The van der Waals surface area contributed by atoms with E-state index in [0.29, 0.717) is 11.5 Å². The number of aliphatic imine (C=N–C) groups is 2. The molecule has 0 saturated carbocycles. The third-order valence-electron chi connectivity index (χ3n) is 3.77. The van der Waals surface area contributed by atoms with E-state index < -0.39 is 10.6 Å². The Bertz CT molecular complexity index is 894. The molecule has 0 atom stereocenters. The van der Waals surface area contributed by atoms with Crippen molar-refractivity contribution in [2.75, 3.05) is 4.90 Å². The maximum Gasteiger partial charge on any atom is 0.269 e. The van der Waals surface area contributed by atoms with Crippen LogP contribution in [0.15, 0.2) is 58.5 Å². The number of anilines is 1. The number of halogens is 1. The highest BCUT2D eigenvalue weighted by Crippen LogP contribution is 2.30. The summed E-state index contributed by atoms with van der Waals surface area (Å²) < 4.78 is 5.70. The van der Waals surface area contributed by atoms with Crippen molar-refractivity contribution >= 4 is 35.7 Å². The lowest BCUT2D eigenvalue weighted by molar-refractivity contribution is -0.384. The van der Waals surface area contributed by atoms with E-state index in [1.54, 1.807) is 29.2 Å². The zero-order valence-electron chi connectivity index (χ0n) is 14.7. The van der Waals surface area contributed by atoms with Gasteiger partial charge in [-0.1, -0.05) is 0 Å². The minimum atomic E-state index is -0.670. The highest BCUT2D eigenvalue weighted by atomic mass is 35.5. The van der Waals surface area contributed by atoms with Gasteiger partial charge in [0, 0.05) is 17.8 Å². The third kappa shape index (κ3) is 4.26. The van der Waals surface area contributed by atoms with Crippen LogP contribution in [-0.2, 0) is 0 Å². The first kappa shape index (κ1) is 20.0. The Balaban J connectivity index is 0.00000261. The van der Waals surface area contributed by atoms with E-state index in [1.165, 1.54) is 12.1 Å². The minimum absolute atomic E-state index is 0. The van der Waals surface area contributed by atoms with Crippen LogP contribution in [0.1, 0.15) is 13.8 Å². The Morgan fingerprint density at radius 1 is 1.04 bits per heavy atom. The molecule has 3 rings (SSSR count). The summed E-state index contributed by atoms with van der Waals surface area (Å²) in [5.74, 6) is 1.48. The molecule has 0 saturated heterocycles. The number of benzene rings is 2. The summed E-state index contributed by atoms with van der Waals surface area (Å²) in [6, 6.07) is 13.0. The number of nitro groups is 1. The highest BCUT2D eigenvalue weighted by molar-refractivity contribution is 6.05.